The van der Waals surface area contributed by atoms with Crippen molar-refractivity contribution in [2.75, 3.05) is 20.8 Å². The van der Waals surface area contributed by atoms with Crippen LogP contribution in [-0.4, -0.2) is 37.4 Å². The molecule has 100 valence electrons. The molecule has 0 aliphatic rings. The van der Waals surface area contributed by atoms with E-state index in [4.69, 9.17) is 25.1 Å². The van der Waals surface area contributed by atoms with Crippen LogP contribution in [0.3, 0.4) is 0 Å². The summed E-state index contributed by atoms with van der Waals surface area (Å²) in [5.41, 5.74) is 4.11. The van der Waals surface area contributed by atoms with Gasteiger partial charge >= 0.3 is 5.97 Å². The van der Waals surface area contributed by atoms with Gasteiger partial charge in [-0.3, -0.25) is 4.79 Å². The predicted molar refractivity (Wildman–Crippen MR) is 65.3 cm³/mol. The average molecular weight is 255 g/mol. The maximum absolute atomic E-state index is 10.9. The molecule has 0 aliphatic heterocycles. The van der Waals surface area contributed by atoms with E-state index in [1.807, 2.05) is 0 Å². The van der Waals surface area contributed by atoms with E-state index in [1.54, 1.807) is 18.2 Å². The molecule has 0 spiro atoms. The van der Waals surface area contributed by atoms with Crippen molar-refractivity contribution >= 4 is 5.97 Å². The largest absolute Gasteiger partial charge is 0.493 e. The molecule has 6 nitrogen and oxygen atoms in total. The van der Waals surface area contributed by atoms with Crippen molar-refractivity contribution in [3.05, 3.63) is 18.2 Å². The van der Waals surface area contributed by atoms with Crippen LogP contribution in [0, 0.1) is 0 Å². The maximum Gasteiger partial charge on any atom is 0.326 e. The first-order valence-electron chi connectivity index (χ1n) is 5.28. The van der Waals surface area contributed by atoms with E-state index in [2.05, 4.69) is 0 Å². The second-order valence-electron chi connectivity index (χ2n) is 4.00. The fourth-order valence-corrected chi connectivity index (χ4v) is 1.26. The van der Waals surface area contributed by atoms with E-state index in [9.17, 15) is 4.79 Å². The Balaban J connectivity index is 2.88. The molecule has 1 aromatic carbocycles. The maximum atomic E-state index is 10.9. The Morgan fingerprint density at radius 2 is 1.94 bits per heavy atom. The molecule has 0 heterocycles. The zero-order valence-corrected chi connectivity index (χ0v) is 10.6. The standard InChI is InChI=1S/C12H17NO5/c1-12(13,11(14)15)7-18-9-6-4-5-8(16-2)10(9)17-3/h4-6H,7,13H2,1-3H3,(H,14,15). The van der Waals surface area contributed by atoms with Crippen LogP contribution in [0.2, 0.25) is 0 Å². The minimum absolute atomic E-state index is 0.175. The van der Waals surface area contributed by atoms with Gasteiger partial charge in [-0.15, -0.1) is 0 Å². The number of carbonyl (C=O) groups is 1. The number of hydrogen-bond donors (Lipinski definition) is 2. The van der Waals surface area contributed by atoms with Crippen molar-refractivity contribution in [3.63, 3.8) is 0 Å². The van der Waals surface area contributed by atoms with Gasteiger partial charge in [0.25, 0.3) is 0 Å². The van der Waals surface area contributed by atoms with Crippen LogP contribution in [0.25, 0.3) is 0 Å². The highest BCUT2D eigenvalue weighted by Gasteiger charge is 2.29. The first kappa shape index (κ1) is 14.1. The number of aliphatic carboxylic acids is 1. The summed E-state index contributed by atoms with van der Waals surface area (Å²) >= 11 is 0. The Morgan fingerprint density at radius 1 is 1.33 bits per heavy atom. The van der Waals surface area contributed by atoms with Gasteiger partial charge in [0, 0.05) is 0 Å². The van der Waals surface area contributed by atoms with Crippen LogP contribution >= 0.6 is 0 Å². The van der Waals surface area contributed by atoms with Crippen LogP contribution in [0.15, 0.2) is 18.2 Å². The third-order valence-electron chi connectivity index (χ3n) is 2.38. The highest BCUT2D eigenvalue weighted by atomic mass is 16.5. The number of hydrogen-bond acceptors (Lipinski definition) is 5. The summed E-state index contributed by atoms with van der Waals surface area (Å²) in [6.07, 6.45) is 0. The van der Waals surface area contributed by atoms with Crippen molar-refractivity contribution in [1.29, 1.82) is 0 Å². The van der Waals surface area contributed by atoms with Crippen molar-refractivity contribution in [1.82, 2.24) is 0 Å². The van der Waals surface area contributed by atoms with E-state index in [1.165, 1.54) is 21.1 Å². The second-order valence-corrected chi connectivity index (χ2v) is 4.00. The first-order valence-corrected chi connectivity index (χ1v) is 5.28. The first-order chi connectivity index (χ1) is 8.42. The van der Waals surface area contributed by atoms with Gasteiger partial charge < -0.3 is 25.1 Å². The quantitative estimate of drug-likeness (QED) is 0.784. The number of benzene rings is 1. The molecule has 3 N–H and O–H groups in total. The Labute approximate surface area is 105 Å². The molecule has 1 aromatic rings. The van der Waals surface area contributed by atoms with Gasteiger partial charge in [0.1, 0.15) is 12.1 Å². The minimum Gasteiger partial charge on any atom is -0.493 e. The molecular formula is C12H17NO5. The third kappa shape index (κ3) is 3.04. The topological polar surface area (TPSA) is 91.0 Å². The molecule has 0 aromatic heterocycles. The SMILES string of the molecule is COc1cccc(OCC(C)(N)C(=O)O)c1OC. The van der Waals surface area contributed by atoms with Gasteiger partial charge in [0.2, 0.25) is 5.75 Å². The Morgan fingerprint density at radius 3 is 2.44 bits per heavy atom. The Kier molecular flexibility index (Phi) is 4.38. The number of ether oxygens (including phenoxy) is 3. The molecule has 1 atom stereocenters. The highest BCUT2D eigenvalue weighted by Crippen LogP contribution is 2.36. The molecule has 0 bridgehead atoms. The fourth-order valence-electron chi connectivity index (χ4n) is 1.26. The summed E-state index contributed by atoms with van der Waals surface area (Å²) in [5, 5.41) is 8.89. The van der Waals surface area contributed by atoms with E-state index < -0.39 is 11.5 Å². The Hall–Kier alpha value is -1.95. The summed E-state index contributed by atoms with van der Waals surface area (Å²) in [7, 11) is 2.98. The van der Waals surface area contributed by atoms with Crippen LogP contribution in [0.5, 0.6) is 17.2 Å². The van der Waals surface area contributed by atoms with Crippen molar-refractivity contribution in [2.45, 2.75) is 12.5 Å². The number of methoxy groups -OCH3 is 2. The lowest BCUT2D eigenvalue weighted by Crippen LogP contribution is -2.49. The van der Waals surface area contributed by atoms with Crippen LogP contribution in [-0.2, 0) is 4.79 Å². The second kappa shape index (κ2) is 5.59. The van der Waals surface area contributed by atoms with Crippen molar-refractivity contribution in [3.8, 4) is 17.2 Å². The average Bonchev–Trinajstić information content (AvgIpc) is 2.35. The monoisotopic (exact) mass is 255 g/mol. The zero-order valence-electron chi connectivity index (χ0n) is 10.6. The molecule has 0 saturated carbocycles. The van der Waals surface area contributed by atoms with E-state index in [0.717, 1.165) is 0 Å². The normalized spacial score (nSPS) is 13.6. The van der Waals surface area contributed by atoms with Crippen molar-refractivity contribution < 1.29 is 24.1 Å². The molecule has 0 fully saturated rings. The van der Waals surface area contributed by atoms with E-state index in [0.29, 0.717) is 17.2 Å². The number of carboxylic acids is 1. The van der Waals surface area contributed by atoms with Crippen molar-refractivity contribution in [2.24, 2.45) is 5.73 Å². The van der Waals surface area contributed by atoms with Gasteiger partial charge in [-0.25, -0.2) is 0 Å². The van der Waals surface area contributed by atoms with E-state index >= 15 is 0 Å². The molecule has 6 heteroatoms. The predicted octanol–water partition coefficient (Wildman–Crippen LogP) is 0.885. The summed E-state index contributed by atoms with van der Waals surface area (Å²) in [5.74, 6) is 0.157. The molecule has 1 unspecified atom stereocenters. The fraction of sp³-hybridized carbons (Fsp3) is 0.417. The summed E-state index contributed by atoms with van der Waals surface area (Å²) in [4.78, 5) is 10.9. The molecule has 18 heavy (non-hydrogen) atoms. The lowest BCUT2D eigenvalue weighted by Gasteiger charge is -2.21. The lowest BCUT2D eigenvalue weighted by atomic mass is 10.1. The number of rotatable bonds is 6. The minimum atomic E-state index is -1.46. The van der Waals surface area contributed by atoms with Gasteiger partial charge in [-0.1, -0.05) is 6.07 Å². The Bertz CT molecular complexity index is 430. The molecule has 0 saturated heterocycles. The van der Waals surface area contributed by atoms with Gasteiger partial charge in [-0.05, 0) is 19.1 Å². The highest BCUT2D eigenvalue weighted by molar-refractivity contribution is 5.78. The number of para-hydroxylation sites is 1. The summed E-state index contributed by atoms with van der Waals surface area (Å²) in [6.45, 7) is 1.20. The zero-order chi connectivity index (χ0) is 13.8. The molecule has 1 rings (SSSR count). The van der Waals surface area contributed by atoms with Gasteiger partial charge in [-0.2, -0.15) is 0 Å². The summed E-state index contributed by atoms with van der Waals surface area (Å²) in [6, 6.07) is 5.08. The molecular weight excluding hydrogens is 238 g/mol. The smallest absolute Gasteiger partial charge is 0.326 e. The van der Waals surface area contributed by atoms with Crippen LogP contribution in [0.1, 0.15) is 6.92 Å². The third-order valence-corrected chi connectivity index (χ3v) is 2.38. The summed E-state index contributed by atoms with van der Waals surface area (Å²) < 4.78 is 15.6. The van der Waals surface area contributed by atoms with Crippen LogP contribution < -0.4 is 19.9 Å². The molecule has 0 radical (unpaired) electrons. The molecule has 0 amide bonds. The number of nitrogens with two attached hydrogens (primary N) is 1. The van der Waals surface area contributed by atoms with Gasteiger partial charge in [0.05, 0.1) is 14.2 Å². The van der Waals surface area contributed by atoms with E-state index in [-0.39, 0.29) is 6.61 Å². The molecule has 0 aliphatic carbocycles. The van der Waals surface area contributed by atoms with Crippen LogP contribution in [0.4, 0.5) is 0 Å². The van der Waals surface area contributed by atoms with Gasteiger partial charge in [0.15, 0.2) is 11.5 Å². The lowest BCUT2D eigenvalue weighted by molar-refractivity contribution is -0.143. The number of carboxylic acid groups (broad SMARTS) is 1.